The van der Waals surface area contributed by atoms with Gasteiger partial charge in [-0.2, -0.15) is 0 Å². The van der Waals surface area contributed by atoms with E-state index in [0.717, 1.165) is 22.9 Å². The predicted molar refractivity (Wildman–Crippen MR) is 142 cm³/mol. The van der Waals surface area contributed by atoms with Crippen molar-refractivity contribution in [2.24, 2.45) is 11.7 Å². The third-order valence-corrected chi connectivity index (χ3v) is 9.05. The number of sulfonamides is 1. The Morgan fingerprint density at radius 1 is 1.28 bits per heavy atom. The number of anilines is 1. The van der Waals surface area contributed by atoms with Crippen LogP contribution in [-0.4, -0.2) is 55.9 Å². The van der Waals surface area contributed by atoms with Crippen LogP contribution in [0.1, 0.15) is 34.8 Å². The first kappa shape index (κ1) is 25.8. The predicted octanol–water partition coefficient (Wildman–Crippen LogP) is 2.18. The van der Waals surface area contributed by atoms with Gasteiger partial charge in [-0.25, -0.2) is 8.42 Å². The molecule has 36 heavy (non-hydrogen) atoms. The molecule has 1 unspecified atom stereocenters. The SMILES string of the molecule is CCC#CCNC[C@H](O)[C@H](Cc1ccccc1)C1Cc2c[nH]c3cc(C(N)=O)cc(c23)N(C)S1(=O)=O. The summed E-state index contributed by atoms with van der Waals surface area (Å²) < 4.78 is 29.3. The van der Waals surface area contributed by atoms with Gasteiger partial charge < -0.3 is 21.1 Å². The van der Waals surface area contributed by atoms with Gasteiger partial charge in [0.1, 0.15) is 0 Å². The second kappa shape index (κ2) is 10.7. The molecule has 9 heteroatoms. The molecule has 0 radical (unpaired) electrons. The highest BCUT2D eigenvalue weighted by atomic mass is 32.2. The summed E-state index contributed by atoms with van der Waals surface area (Å²) in [6, 6.07) is 12.8. The van der Waals surface area contributed by atoms with Crippen LogP contribution in [-0.2, 0) is 22.9 Å². The second-order valence-corrected chi connectivity index (χ2v) is 11.3. The van der Waals surface area contributed by atoms with Crippen molar-refractivity contribution < 1.29 is 18.3 Å². The van der Waals surface area contributed by atoms with Crippen LogP contribution in [0.2, 0.25) is 0 Å². The largest absolute Gasteiger partial charge is 0.391 e. The molecule has 8 nitrogen and oxygen atoms in total. The van der Waals surface area contributed by atoms with Crippen LogP contribution in [0.15, 0.2) is 48.7 Å². The summed E-state index contributed by atoms with van der Waals surface area (Å²) in [5.41, 5.74) is 8.56. The van der Waals surface area contributed by atoms with Crippen LogP contribution in [0.4, 0.5) is 5.69 Å². The van der Waals surface area contributed by atoms with E-state index in [0.29, 0.717) is 24.2 Å². The van der Waals surface area contributed by atoms with Crippen molar-refractivity contribution in [1.82, 2.24) is 10.3 Å². The quantitative estimate of drug-likeness (QED) is 0.274. The van der Waals surface area contributed by atoms with Gasteiger partial charge in [0.25, 0.3) is 0 Å². The molecule has 0 fully saturated rings. The lowest BCUT2D eigenvalue weighted by Gasteiger charge is -2.33. The summed E-state index contributed by atoms with van der Waals surface area (Å²) in [7, 11) is -2.42. The van der Waals surface area contributed by atoms with Crippen LogP contribution < -0.4 is 15.4 Å². The van der Waals surface area contributed by atoms with Crippen molar-refractivity contribution in [2.45, 2.75) is 37.5 Å². The van der Waals surface area contributed by atoms with E-state index in [2.05, 4.69) is 22.1 Å². The first-order chi connectivity index (χ1) is 17.2. The Hall–Kier alpha value is -3.32. The zero-order valence-electron chi connectivity index (χ0n) is 20.5. The number of carbonyl (C=O) groups excluding carboxylic acids is 1. The minimum Gasteiger partial charge on any atom is -0.391 e. The van der Waals surface area contributed by atoms with E-state index < -0.39 is 33.2 Å². The number of nitrogens with two attached hydrogens (primary N) is 1. The molecule has 0 spiro atoms. The minimum absolute atomic E-state index is 0.215. The van der Waals surface area contributed by atoms with E-state index in [1.165, 1.54) is 17.4 Å². The molecule has 190 valence electrons. The average Bonchev–Trinajstić information content (AvgIpc) is 3.24. The molecule has 2 aromatic carbocycles. The molecule has 2 heterocycles. The molecular formula is C27H32N4O4S. The second-order valence-electron chi connectivity index (χ2n) is 9.11. The fraction of sp³-hybridized carbons (Fsp3) is 0.370. The molecular weight excluding hydrogens is 476 g/mol. The molecule has 5 N–H and O–H groups in total. The summed E-state index contributed by atoms with van der Waals surface area (Å²) in [4.78, 5) is 15.1. The first-order valence-corrected chi connectivity index (χ1v) is 13.5. The van der Waals surface area contributed by atoms with Crippen LogP contribution in [0.5, 0.6) is 0 Å². The normalized spacial score (nSPS) is 18.2. The topological polar surface area (TPSA) is 129 Å². The van der Waals surface area contributed by atoms with Gasteiger partial charge in [-0.05, 0) is 36.1 Å². The van der Waals surface area contributed by atoms with Crippen molar-refractivity contribution in [1.29, 1.82) is 0 Å². The molecule has 1 amide bonds. The van der Waals surface area contributed by atoms with Gasteiger partial charge >= 0.3 is 0 Å². The smallest absolute Gasteiger partial charge is 0.248 e. The van der Waals surface area contributed by atoms with Crippen molar-refractivity contribution in [3.05, 3.63) is 65.4 Å². The van der Waals surface area contributed by atoms with Crippen LogP contribution in [0, 0.1) is 17.8 Å². The summed E-state index contributed by atoms with van der Waals surface area (Å²) in [6.07, 6.45) is 2.21. The number of aromatic nitrogens is 1. The van der Waals surface area contributed by atoms with Crippen LogP contribution in [0.3, 0.4) is 0 Å². The number of nitrogens with one attached hydrogen (secondary N) is 2. The summed E-state index contributed by atoms with van der Waals surface area (Å²) >= 11 is 0. The average molecular weight is 509 g/mol. The van der Waals surface area contributed by atoms with Crippen molar-refractivity contribution >= 4 is 32.5 Å². The summed E-state index contributed by atoms with van der Waals surface area (Å²) in [5.74, 6) is 4.74. The van der Waals surface area contributed by atoms with Gasteiger partial charge in [-0.1, -0.05) is 43.2 Å². The molecule has 0 saturated heterocycles. The lowest BCUT2D eigenvalue weighted by atomic mass is 9.87. The van der Waals surface area contributed by atoms with Gasteiger partial charge in [0, 0.05) is 48.6 Å². The number of primary amides is 1. The maximum atomic E-state index is 14.0. The highest BCUT2D eigenvalue weighted by Gasteiger charge is 2.43. The van der Waals surface area contributed by atoms with E-state index in [-0.39, 0.29) is 18.5 Å². The maximum Gasteiger partial charge on any atom is 0.248 e. The number of amides is 1. The summed E-state index contributed by atoms with van der Waals surface area (Å²) in [6.45, 7) is 2.60. The first-order valence-electron chi connectivity index (χ1n) is 12.0. The Bertz CT molecular complexity index is 1410. The highest BCUT2D eigenvalue weighted by molar-refractivity contribution is 7.93. The summed E-state index contributed by atoms with van der Waals surface area (Å²) in [5, 5.41) is 14.3. The lowest BCUT2D eigenvalue weighted by molar-refractivity contribution is 0.1000. The van der Waals surface area contributed by atoms with Gasteiger partial charge in [0.15, 0.2) is 0 Å². The Labute approximate surface area is 211 Å². The zero-order valence-corrected chi connectivity index (χ0v) is 21.3. The number of rotatable bonds is 8. The van der Waals surface area contributed by atoms with Gasteiger partial charge in [0.2, 0.25) is 15.9 Å². The molecule has 0 bridgehead atoms. The standard InChI is InChI=1S/C27H32N4O4S/c1-3-4-8-11-29-17-24(32)21(12-18-9-6-5-7-10-18)25-15-20-16-30-22-13-19(27(28)33)14-23(26(20)22)31(2)36(25,34)35/h5-7,9-10,13-14,16,21,24-25,29-30,32H,3,11-12,15,17H2,1-2H3,(H2,28,33)/t21-,24-,25?/m0/s1. The van der Waals surface area contributed by atoms with Crippen LogP contribution in [0.25, 0.3) is 10.9 Å². The number of benzene rings is 2. The molecule has 1 aromatic heterocycles. The van der Waals surface area contributed by atoms with E-state index in [4.69, 9.17) is 5.73 Å². The monoisotopic (exact) mass is 508 g/mol. The molecule has 4 rings (SSSR count). The fourth-order valence-corrected chi connectivity index (χ4v) is 6.86. The Balaban J connectivity index is 1.74. The van der Waals surface area contributed by atoms with Crippen molar-refractivity contribution in [2.75, 3.05) is 24.4 Å². The number of hydrogen-bond acceptors (Lipinski definition) is 5. The van der Waals surface area contributed by atoms with E-state index >= 15 is 0 Å². The Kier molecular flexibility index (Phi) is 7.69. The highest BCUT2D eigenvalue weighted by Crippen LogP contribution is 2.40. The number of H-pyrrole nitrogens is 1. The number of aromatic amines is 1. The van der Waals surface area contributed by atoms with Crippen LogP contribution >= 0.6 is 0 Å². The lowest BCUT2D eigenvalue weighted by Crippen LogP contribution is -2.48. The third-order valence-electron chi connectivity index (χ3n) is 6.80. The fourth-order valence-electron chi connectivity index (χ4n) is 4.92. The Morgan fingerprint density at radius 2 is 2.03 bits per heavy atom. The molecule has 3 aromatic rings. The molecule has 0 saturated carbocycles. The molecule has 1 aliphatic rings. The van der Waals surface area contributed by atoms with Gasteiger partial charge in [-0.15, -0.1) is 5.92 Å². The molecule has 3 atom stereocenters. The maximum absolute atomic E-state index is 14.0. The van der Waals surface area contributed by atoms with E-state index in [9.17, 15) is 18.3 Å². The van der Waals surface area contributed by atoms with Gasteiger partial charge in [-0.3, -0.25) is 9.10 Å². The number of aliphatic hydroxyl groups excluding tert-OH is 1. The Morgan fingerprint density at radius 3 is 2.72 bits per heavy atom. The number of carbonyl (C=O) groups is 1. The molecule has 1 aliphatic heterocycles. The third kappa shape index (κ3) is 5.12. The number of hydrogen-bond donors (Lipinski definition) is 4. The van der Waals surface area contributed by atoms with Gasteiger partial charge in [0.05, 0.1) is 23.6 Å². The van der Waals surface area contributed by atoms with E-state index in [1.807, 2.05) is 37.3 Å². The molecule has 0 aliphatic carbocycles. The number of aliphatic hydroxyl groups is 1. The number of nitrogens with zero attached hydrogens (tertiary/aromatic N) is 1. The van der Waals surface area contributed by atoms with E-state index in [1.54, 1.807) is 12.3 Å². The zero-order chi connectivity index (χ0) is 25.9. The van der Waals surface area contributed by atoms with Crippen molar-refractivity contribution in [3.8, 4) is 11.8 Å². The van der Waals surface area contributed by atoms with Crippen molar-refractivity contribution in [3.63, 3.8) is 0 Å². The minimum atomic E-state index is -3.92.